The van der Waals surface area contributed by atoms with E-state index in [1.807, 2.05) is 0 Å². The second kappa shape index (κ2) is 3.89. The summed E-state index contributed by atoms with van der Waals surface area (Å²) in [7, 11) is 0. The highest BCUT2D eigenvalue weighted by Gasteiger charge is 2.10. The molecule has 83 valence electrons. The van der Waals surface area contributed by atoms with Crippen LogP contribution in [0.3, 0.4) is 0 Å². The lowest BCUT2D eigenvalue weighted by molar-refractivity contribution is 1.39. The quantitative estimate of drug-likeness (QED) is 0.694. The van der Waals surface area contributed by atoms with Gasteiger partial charge in [0, 0.05) is 6.42 Å². The first-order valence-corrected chi connectivity index (χ1v) is 5.97. The summed E-state index contributed by atoms with van der Waals surface area (Å²) in [5.41, 5.74) is 7.96. The molecular formula is C17H15. The van der Waals surface area contributed by atoms with Gasteiger partial charge in [0.2, 0.25) is 0 Å². The van der Waals surface area contributed by atoms with Gasteiger partial charge in [0.1, 0.15) is 0 Å². The van der Waals surface area contributed by atoms with Crippen LogP contribution in [-0.2, 0) is 0 Å². The van der Waals surface area contributed by atoms with Gasteiger partial charge in [0.25, 0.3) is 0 Å². The second-order valence-electron chi connectivity index (χ2n) is 4.68. The normalized spacial score (nSPS) is 13.4. The standard InChI is InChI=1S/C17H15/c1-12-3-4-13(2)17(11-12)16-9-7-15(8-10-16)14-5-6-14/h3-11H,1-2H3. The minimum atomic E-state index is 1.30. The van der Waals surface area contributed by atoms with E-state index in [1.165, 1.54) is 33.4 Å². The molecule has 1 radical (unpaired) electrons. The van der Waals surface area contributed by atoms with Crippen LogP contribution in [0.1, 0.15) is 16.7 Å². The Kier molecular flexibility index (Phi) is 2.36. The van der Waals surface area contributed by atoms with E-state index >= 15 is 0 Å². The average molecular weight is 219 g/mol. The molecule has 0 amide bonds. The van der Waals surface area contributed by atoms with Crippen molar-refractivity contribution in [3.8, 4) is 11.1 Å². The van der Waals surface area contributed by atoms with Crippen molar-refractivity contribution in [2.45, 2.75) is 13.8 Å². The Morgan fingerprint density at radius 1 is 0.765 bits per heavy atom. The highest BCUT2D eigenvalue weighted by Crippen LogP contribution is 2.31. The molecule has 17 heavy (non-hydrogen) atoms. The molecule has 0 atom stereocenters. The molecule has 0 fully saturated rings. The van der Waals surface area contributed by atoms with E-state index in [-0.39, 0.29) is 0 Å². The van der Waals surface area contributed by atoms with Gasteiger partial charge in [-0.05, 0) is 41.7 Å². The molecule has 1 aliphatic carbocycles. The van der Waals surface area contributed by atoms with Crippen LogP contribution in [-0.4, -0.2) is 0 Å². The van der Waals surface area contributed by atoms with Gasteiger partial charge < -0.3 is 0 Å². The fourth-order valence-electron chi connectivity index (χ4n) is 2.12. The zero-order valence-corrected chi connectivity index (χ0v) is 10.2. The van der Waals surface area contributed by atoms with E-state index in [0.717, 1.165) is 0 Å². The Morgan fingerprint density at radius 3 is 2.06 bits per heavy atom. The van der Waals surface area contributed by atoms with Crippen molar-refractivity contribution in [2.24, 2.45) is 0 Å². The molecule has 0 aromatic heterocycles. The van der Waals surface area contributed by atoms with Crippen LogP contribution in [0.5, 0.6) is 0 Å². The van der Waals surface area contributed by atoms with E-state index < -0.39 is 0 Å². The van der Waals surface area contributed by atoms with E-state index in [9.17, 15) is 0 Å². The van der Waals surface area contributed by atoms with Gasteiger partial charge in [-0.15, -0.1) is 0 Å². The van der Waals surface area contributed by atoms with Gasteiger partial charge in [-0.1, -0.05) is 54.1 Å². The minimum Gasteiger partial charge on any atom is -0.0716 e. The lowest BCUT2D eigenvalue weighted by Gasteiger charge is -2.08. The summed E-state index contributed by atoms with van der Waals surface area (Å²) >= 11 is 0. The number of aryl methyl sites for hydroxylation is 2. The van der Waals surface area contributed by atoms with Crippen LogP contribution in [0.25, 0.3) is 16.7 Å². The first-order valence-electron chi connectivity index (χ1n) is 5.97. The van der Waals surface area contributed by atoms with Crippen LogP contribution < -0.4 is 0 Å². The molecule has 0 heterocycles. The predicted octanol–water partition coefficient (Wildman–Crippen LogP) is 4.57. The molecule has 2 aromatic carbocycles. The first kappa shape index (κ1) is 10.3. The van der Waals surface area contributed by atoms with Crippen molar-refractivity contribution in [1.29, 1.82) is 0 Å². The van der Waals surface area contributed by atoms with E-state index in [4.69, 9.17) is 0 Å². The van der Waals surface area contributed by atoms with Gasteiger partial charge in [0.15, 0.2) is 0 Å². The van der Waals surface area contributed by atoms with Crippen molar-refractivity contribution in [3.63, 3.8) is 0 Å². The monoisotopic (exact) mass is 219 g/mol. The third-order valence-corrected chi connectivity index (χ3v) is 3.26. The maximum Gasteiger partial charge on any atom is 0.0131 e. The van der Waals surface area contributed by atoms with Gasteiger partial charge in [-0.25, -0.2) is 0 Å². The number of hydrogen-bond donors (Lipinski definition) is 0. The number of hydrogen-bond acceptors (Lipinski definition) is 0. The summed E-state index contributed by atoms with van der Waals surface area (Å²) in [6.45, 7) is 4.31. The Morgan fingerprint density at radius 2 is 1.41 bits per heavy atom. The van der Waals surface area contributed by atoms with Crippen molar-refractivity contribution in [1.82, 2.24) is 0 Å². The molecule has 3 rings (SSSR count). The molecule has 0 bridgehead atoms. The third kappa shape index (κ3) is 2.03. The van der Waals surface area contributed by atoms with Crippen molar-refractivity contribution < 1.29 is 0 Å². The topological polar surface area (TPSA) is 0 Å². The molecule has 0 saturated carbocycles. The smallest absolute Gasteiger partial charge is 0.0131 e. The fourth-order valence-corrected chi connectivity index (χ4v) is 2.12. The van der Waals surface area contributed by atoms with Crippen molar-refractivity contribution in [2.75, 3.05) is 0 Å². The van der Waals surface area contributed by atoms with Crippen molar-refractivity contribution >= 4 is 5.57 Å². The van der Waals surface area contributed by atoms with Crippen LogP contribution in [0.2, 0.25) is 0 Å². The first-order chi connectivity index (χ1) is 8.24. The molecule has 1 aliphatic rings. The predicted molar refractivity (Wildman–Crippen MR) is 73.6 cm³/mol. The highest BCUT2D eigenvalue weighted by atomic mass is 14.1. The summed E-state index contributed by atoms with van der Waals surface area (Å²) in [4.78, 5) is 0. The lowest BCUT2D eigenvalue weighted by Crippen LogP contribution is -1.85. The molecule has 0 aliphatic heterocycles. The maximum atomic E-state index is 2.26. The molecule has 0 nitrogen and oxygen atoms in total. The molecule has 0 heteroatoms. The number of benzene rings is 2. The molecule has 0 unspecified atom stereocenters. The Bertz CT molecular complexity index is 586. The van der Waals surface area contributed by atoms with E-state index in [2.05, 4.69) is 68.8 Å². The van der Waals surface area contributed by atoms with Gasteiger partial charge in [-0.2, -0.15) is 0 Å². The SMILES string of the molecule is Cc1ccc(C)c(-c2ccc(C3=C[CH]3)cc2)c1. The zero-order valence-electron chi connectivity index (χ0n) is 10.2. The molecule has 0 N–H and O–H groups in total. The van der Waals surface area contributed by atoms with Gasteiger partial charge >= 0.3 is 0 Å². The largest absolute Gasteiger partial charge is 0.0716 e. The summed E-state index contributed by atoms with van der Waals surface area (Å²) in [6, 6.07) is 15.4. The minimum absolute atomic E-state index is 1.30. The second-order valence-corrected chi connectivity index (χ2v) is 4.68. The lowest BCUT2D eigenvalue weighted by atomic mass is 9.97. The highest BCUT2D eigenvalue weighted by molar-refractivity contribution is 5.87. The molecular weight excluding hydrogens is 204 g/mol. The molecule has 2 aromatic rings. The summed E-state index contributed by atoms with van der Waals surface area (Å²) in [5.74, 6) is 0. The van der Waals surface area contributed by atoms with E-state index in [1.54, 1.807) is 0 Å². The molecule has 0 spiro atoms. The van der Waals surface area contributed by atoms with Crippen LogP contribution in [0.4, 0.5) is 0 Å². The van der Waals surface area contributed by atoms with Crippen LogP contribution >= 0.6 is 0 Å². The molecule has 0 saturated heterocycles. The maximum absolute atomic E-state index is 2.26. The van der Waals surface area contributed by atoms with Crippen LogP contribution in [0.15, 0.2) is 48.5 Å². The van der Waals surface area contributed by atoms with Gasteiger partial charge in [-0.3, -0.25) is 0 Å². The van der Waals surface area contributed by atoms with Crippen LogP contribution in [0, 0.1) is 20.3 Å². The fraction of sp³-hybridized carbons (Fsp3) is 0.118. The summed E-state index contributed by atoms with van der Waals surface area (Å²) in [6.07, 6.45) is 4.29. The Labute approximate surface area is 103 Å². The Hall–Kier alpha value is -1.82. The average Bonchev–Trinajstić information content (AvgIpc) is 3.17. The van der Waals surface area contributed by atoms with Crippen molar-refractivity contribution in [3.05, 3.63) is 71.7 Å². The van der Waals surface area contributed by atoms with Gasteiger partial charge in [0.05, 0.1) is 0 Å². The summed E-state index contributed by atoms with van der Waals surface area (Å²) in [5, 5.41) is 0. The van der Waals surface area contributed by atoms with E-state index in [0.29, 0.717) is 0 Å². The zero-order chi connectivity index (χ0) is 11.8. The summed E-state index contributed by atoms with van der Waals surface area (Å²) < 4.78 is 0. The third-order valence-electron chi connectivity index (χ3n) is 3.26. The Balaban J connectivity index is 2.02. The number of rotatable bonds is 2. The number of allylic oxidation sites excluding steroid dienone is 2.